The molecule has 0 radical (unpaired) electrons. The van der Waals surface area contributed by atoms with E-state index in [4.69, 9.17) is 4.74 Å². The molecule has 1 heterocycles. The highest BCUT2D eigenvalue weighted by atomic mass is 32.2. The van der Waals surface area contributed by atoms with E-state index in [1.54, 1.807) is 6.07 Å². The molecule has 128 valence electrons. The summed E-state index contributed by atoms with van der Waals surface area (Å²) >= 11 is 1.26. The van der Waals surface area contributed by atoms with E-state index in [2.05, 4.69) is 15.2 Å². The Bertz CT molecular complexity index is 714. The molecule has 1 N–H and O–H groups in total. The van der Waals surface area contributed by atoms with E-state index in [1.807, 2.05) is 0 Å². The van der Waals surface area contributed by atoms with Gasteiger partial charge in [0.2, 0.25) is 5.16 Å². The zero-order chi connectivity index (χ0) is 16.9. The van der Waals surface area contributed by atoms with Crippen molar-refractivity contribution in [3.05, 3.63) is 35.4 Å². The standard InChI is InChI=1S/C17H20FN3O2S/c1-23-15-7-6-12(9-13(15)18)14(22)10-24-17-19-16(20-21-17)8-11-4-2-3-5-11/h6-7,9,11H,2-5,8,10H2,1H3,(H,19,20,21). The predicted molar refractivity (Wildman–Crippen MR) is 90.1 cm³/mol. The molecule has 2 aromatic rings. The molecule has 7 heteroatoms. The van der Waals surface area contributed by atoms with E-state index in [0.717, 1.165) is 12.2 Å². The molecule has 0 spiro atoms. The number of ketones is 1. The van der Waals surface area contributed by atoms with Crippen LogP contribution in [-0.4, -0.2) is 33.8 Å². The van der Waals surface area contributed by atoms with Crippen LogP contribution in [0.2, 0.25) is 0 Å². The van der Waals surface area contributed by atoms with Crippen LogP contribution in [0.5, 0.6) is 5.75 Å². The summed E-state index contributed by atoms with van der Waals surface area (Å²) in [6.07, 6.45) is 6.03. The number of Topliss-reactive ketones (excluding diaryl/α,β-unsaturated/α-hetero) is 1. The van der Waals surface area contributed by atoms with Crippen molar-refractivity contribution in [1.29, 1.82) is 0 Å². The average molecular weight is 349 g/mol. The first-order valence-electron chi connectivity index (χ1n) is 8.06. The lowest BCUT2D eigenvalue weighted by Crippen LogP contribution is -2.04. The molecule has 0 atom stereocenters. The molecule has 0 amide bonds. The van der Waals surface area contributed by atoms with Crippen molar-refractivity contribution in [2.45, 2.75) is 37.3 Å². The summed E-state index contributed by atoms with van der Waals surface area (Å²) in [6.45, 7) is 0. The summed E-state index contributed by atoms with van der Waals surface area (Å²) in [5.74, 6) is 1.18. The van der Waals surface area contributed by atoms with Gasteiger partial charge < -0.3 is 4.74 Å². The van der Waals surface area contributed by atoms with Crippen molar-refractivity contribution in [1.82, 2.24) is 15.2 Å². The molecule has 1 aliphatic carbocycles. The third-order valence-electron chi connectivity index (χ3n) is 4.27. The topological polar surface area (TPSA) is 67.9 Å². The highest BCUT2D eigenvalue weighted by Crippen LogP contribution is 2.27. The van der Waals surface area contributed by atoms with Crippen molar-refractivity contribution < 1.29 is 13.9 Å². The second-order valence-electron chi connectivity index (χ2n) is 5.98. The van der Waals surface area contributed by atoms with Gasteiger partial charge in [0.1, 0.15) is 5.82 Å². The van der Waals surface area contributed by atoms with Crippen molar-refractivity contribution >= 4 is 17.5 Å². The monoisotopic (exact) mass is 349 g/mol. The van der Waals surface area contributed by atoms with Crippen molar-refractivity contribution in [3.8, 4) is 5.75 Å². The third kappa shape index (κ3) is 4.14. The van der Waals surface area contributed by atoms with E-state index >= 15 is 0 Å². The minimum absolute atomic E-state index is 0.129. The van der Waals surface area contributed by atoms with Gasteiger partial charge in [-0.15, -0.1) is 5.10 Å². The van der Waals surface area contributed by atoms with Crippen LogP contribution in [0.15, 0.2) is 23.4 Å². The second-order valence-corrected chi connectivity index (χ2v) is 6.92. The Hall–Kier alpha value is -1.89. The second kappa shape index (κ2) is 7.79. The number of carbonyl (C=O) groups excluding carboxylic acids is 1. The lowest BCUT2D eigenvalue weighted by atomic mass is 10.0. The largest absolute Gasteiger partial charge is 0.494 e. The number of thioether (sulfide) groups is 1. The van der Waals surface area contributed by atoms with Crippen LogP contribution in [0.3, 0.4) is 0 Å². The molecule has 1 aromatic carbocycles. The first-order chi connectivity index (χ1) is 11.7. The Balaban J connectivity index is 1.54. The summed E-state index contributed by atoms with van der Waals surface area (Å²) in [5, 5.41) is 7.66. The van der Waals surface area contributed by atoms with Gasteiger partial charge in [0, 0.05) is 12.0 Å². The number of benzene rings is 1. The molecule has 24 heavy (non-hydrogen) atoms. The molecule has 5 nitrogen and oxygen atoms in total. The molecule has 1 aliphatic rings. The van der Waals surface area contributed by atoms with Gasteiger partial charge in [0.15, 0.2) is 17.3 Å². The number of nitrogens with zero attached hydrogens (tertiary/aromatic N) is 2. The fourth-order valence-corrected chi connectivity index (χ4v) is 3.69. The summed E-state index contributed by atoms with van der Waals surface area (Å²) < 4.78 is 18.5. The number of nitrogens with one attached hydrogen (secondary N) is 1. The number of ether oxygens (including phenoxy) is 1. The lowest BCUT2D eigenvalue weighted by molar-refractivity contribution is 0.102. The van der Waals surface area contributed by atoms with Crippen LogP contribution >= 0.6 is 11.8 Å². The molecular formula is C17H20FN3O2S. The molecular weight excluding hydrogens is 329 g/mol. The maximum atomic E-state index is 13.7. The number of carbonyl (C=O) groups is 1. The first kappa shape index (κ1) is 17.0. The van der Waals surface area contributed by atoms with Gasteiger partial charge in [-0.1, -0.05) is 37.4 Å². The number of rotatable bonds is 7. The first-order valence-corrected chi connectivity index (χ1v) is 9.05. The highest BCUT2D eigenvalue weighted by molar-refractivity contribution is 7.99. The van der Waals surface area contributed by atoms with Gasteiger partial charge in [-0.25, -0.2) is 9.37 Å². The molecule has 0 saturated heterocycles. The molecule has 1 fully saturated rings. The highest BCUT2D eigenvalue weighted by Gasteiger charge is 2.18. The van der Waals surface area contributed by atoms with E-state index in [0.29, 0.717) is 16.6 Å². The van der Waals surface area contributed by atoms with Crippen LogP contribution in [0.4, 0.5) is 4.39 Å². The summed E-state index contributed by atoms with van der Waals surface area (Å²) in [6, 6.07) is 4.22. The minimum atomic E-state index is -0.537. The smallest absolute Gasteiger partial charge is 0.208 e. The fourth-order valence-electron chi connectivity index (χ4n) is 2.97. The number of H-pyrrole nitrogens is 1. The van der Waals surface area contributed by atoms with E-state index in [9.17, 15) is 9.18 Å². The zero-order valence-corrected chi connectivity index (χ0v) is 14.4. The van der Waals surface area contributed by atoms with Crippen LogP contribution < -0.4 is 4.74 Å². The number of hydrogen-bond donors (Lipinski definition) is 1. The summed E-state index contributed by atoms with van der Waals surface area (Å²) in [7, 11) is 1.39. The maximum Gasteiger partial charge on any atom is 0.208 e. The molecule has 1 saturated carbocycles. The van der Waals surface area contributed by atoms with E-state index < -0.39 is 5.82 Å². The number of aromatic nitrogens is 3. The maximum absolute atomic E-state index is 13.7. The Morgan fingerprint density at radius 3 is 2.92 bits per heavy atom. The van der Waals surface area contributed by atoms with Crippen molar-refractivity contribution in [2.24, 2.45) is 5.92 Å². The lowest BCUT2D eigenvalue weighted by Gasteiger charge is -2.04. The molecule has 0 aliphatic heterocycles. The Kier molecular flexibility index (Phi) is 5.50. The van der Waals surface area contributed by atoms with Gasteiger partial charge in [0.05, 0.1) is 12.9 Å². The van der Waals surface area contributed by atoms with Gasteiger partial charge in [-0.2, -0.15) is 0 Å². The van der Waals surface area contributed by atoms with Gasteiger partial charge in [0.25, 0.3) is 0 Å². The Morgan fingerprint density at radius 1 is 1.42 bits per heavy atom. The molecule has 3 rings (SSSR count). The number of hydrogen-bond acceptors (Lipinski definition) is 5. The Labute approximate surface area is 144 Å². The number of halogens is 1. The molecule has 0 unspecified atom stereocenters. The fraction of sp³-hybridized carbons (Fsp3) is 0.471. The van der Waals surface area contributed by atoms with Crippen molar-refractivity contribution in [2.75, 3.05) is 12.9 Å². The number of aromatic amines is 1. The van der Waals surface area contributed by atoms with Gasteiger partial charge >= 0.3 is 0 Å². The third-order valence-corrected chi connectivity index (χ3v) is 5.12. The quantitative estimate of drug-likeness (QED) is 0.610. The van der Waals surface area contributed by atoms with Crippen LogP contribution in [0, 0.1) is 11.7 Å². The Morgan fingerprint density at radius 2 is 2.21 bits per heavy atom. The molecule has 0 bridgehead atoms. The summed E-state index contributed by atoms with van der Waals surface area (Å²) in [5.41, 5.74) is 0.322. The SMILES string of the molecule is COc1ccc(C(=O)CSc2n[nH]c(CC3CCCC3)n2)cc1F. The van der Waals surface area contributed by atoms with Gasteiger partial charge in [-0.05, 0) is 24.1 Å². The van der Waals surface area contributed by atoms with Crippen LogP contribution in [-0.2, 0) is 6.42 Å². The van der Waals surface area contributed by atoms with Crippen molar-refractivity contribution in [3.63, 3.8) is 0 Å². The van der Waals surface area contributed by atoms with E-state index in [1.165, 1.54) is 56.7 Å². The zero-order valence-electron chi connectivity index (χ0n) is 13.5. The average Bonchev–Trinajstić information content (AvgIpc) is 3.25. The normalized spacial score (nSPS) is 14.9. The summed E-state index contributed by atoms with van der Waals surface area (Å²) in [4.78, 5) is 16.6. The minimum Gasteiger partial charge on any atom is -0.494 e. The van der Waals surface area contributed by atoms with E-state index in [-0.39, 0.29) is 17.3 Å². The predicted octanol–water partition coefficient (Wildman–Crippen LogP) is 3.66. The number of methoxy groups -OCH3 is 1. The van der Waals surface area contributed by atoms with Crippen LogP contribution in [0.1, 0.15) is 41.9 Å². The molecule has 1 aromatic heterocycles. The van der Waals surface area contributed by atoms with Gasteiger partial charge in [-0.3, -0.25) is 9.89 Å². The van der Waals surface area contributed by atoms with Crippen LogP contribution in [0.25, 0.3) is 0 Å².